The zero-order valence-electron chi connectivity index (χ0n) is 13.1. The molecule has 1 amide bonds. The van der Waals surface area contributed by atoms with Crippen molar-refractivity contribution in [3.8, 4) is 11.4 Å². The van der Waals surface area contributed by atoms with Crippen LogP contribution >= 0.6 is 15.9 Å². The van der Waals surface area contributed by atoms with Crippen LogP contribution in [0.25, 0.3) is 11.4 Å². The van der Waals surface area contributed by atoms with E-state index in [4.69, 9.17) is 4.52 Å². The second-order valence-electron chi connectivity index (χ2n) is 5.34. The highest BCUT2D eigenvalue weighted by Gasteiger charge is 2.11. The molecule has 1 aromatic heterocycles. The summed E-state index contributed by atoms with van der Waals surface area (Å²) in [7, 11) is 0. The molecule has 0 aliphatic rings. The van der Waals surface area contributed by atoms with E-state index in [1.54, 1.807) is 12.1 Å². The fourth-order valence-electron chi connectivity index (χ4n) is 2.28. The smallest absolute Gasteiger partial charge is 0.251 e. The number of hydrogen-bond acceptors (Lipinski definition) is 4. The van der Waals surface area contributed by atoms with Crippen LogP contribution in [0.3, 0.4) is 0 Å². The number of halogens is 1. The highest BCUT2D eigenvalue weighted by molar-refractivity contribution is 9.10. The second kappa shape index (κ2) is 7.40. The van der Waals surface area contributed by atoms with Crippen LogP contribution in [-0.4, -0.2) is 22.6 Å². The number of rotatable bonds is 5. The Morgan fingerprint density at radius 2 is 1.92 bits per heavy atom. The molecular formula is C18H16BrN3O2. The summed E-state index contributed by atoms with van der Waals surface area (Å²) < 4.78 is 6.20. The Morgan fingerprint density at radius 3 is 2.67 bits per heavy atom. The van der Waals surface area contributed by atoms with Gasteiger partial charge in [0.15, 0.2) is 0 Å². The van der Waals surface area contributed by atoms with Crippen LogP contribution in [0.2, 0.25) is 0 Å². The minimum absolute atomic E-state index is 0.124. The molecule has 0 unspecified atom stereocenters. The number of aryl methyl sites for hydroxylation is 1. The van der Waals surface area contributed by atoms with E-state index in [-0.39, 0.29) is 5.91 Å². The number of amides is 1. The Labute approximate surface area is 148 Å². The lowest BCUT2D eigenvalue weighted by molar-refractivity contribution is 0.0953. The Kier molecular flexibility index (Phi) is 5.05. The Bertz CT molecular complexity index is 843. The number of nitrogens with one attached hydrogen (secondary N) is 1. The maximum atomic E-state index is 12.0. The van der Waals surface area contributed by atoms with Crippen LogP contribution in [-0.2, 0) is 6.42 Å². The second-order valence-corrected chi connectivity index (χ2v) is 6.26. The van der Waals surface area contributed by atoms with Crippen LogP contribution in [0.4, 0.5) is 0 Å². The largest absolute Gasteiger partial charge is 0.352 e. The van der Waals surface area contributed by atoms with Gasteiger partial charge in [0.1, 0.15) is 0 Å². The van der Waals surface area contributed by atoms with Gasteiger partial charge in [-0.1, -0.05) is 45.4 Å². The number of carbonyl (C=O) groups excluding carboxylic acids is 1. The first-order chi connectivity index (χ1) is 11.6. The molecule has 5 nitrogen and oxygen atoms in total. The lowest BCUT2D eigenvalue weighted by Crippen LogP contribution is -2.25. The lowest BCUT2D eigenvalue weighted by atomic mass is 10.1. The van der Waals surface area contributed by atoms with E-state index in [0.717, 1.165) is 15.6 Å². The summed E-state index contributed by atoms with van der Waals surface area (Å²) in [6.45, 7) is 2.44. The van der Waals surface area contributed by atoms with Crippen LogP contribution < -0.4 is 5.32 Å². The molecule has 6 heteroatoms. The molecule has 1 heterocycles. The van der Waals surface area contributed by atoms with Crippen LogP contribution in [0.1, 0.15) is 21.8 Å². The van der Waals surface area contributed by atoms with Crippen molar-refractivity contribution in [3.63, 3.8) is 0 Å². The van der Waals surface area contributed by atoms with Gasteiger partial charge in [-0.2, -0.15) is 4.98 Å². The van der Waals surface area contributed by atoms with Crippen molar-refractivity contribution in [2.24, 2.45) is 0 Å². The van der Waals surface area contributed by atoms with Gasteiger partial charge in [0, 0.05) is 28.6 Å². The molecular weight excluding hydrogens is 370 g/mol. The molecule has 0 radical (unpaired) electrons. The van der Waals surface area contributed by atoms with Gasteiger partial charge in [-0.15, -0.1) is 0 Å². The number of aromatic nitrogens is 2. The average Bonchev–Trinajstić information content (AvgIpc) is 3.04. The van der Waals surface area contributed by atoms with Crippen molar-refractivity contribution in [3.05, 3.63) is 70.0 Å². The Hall–Kier alpha value is -2.47. The van der Waals surface area contributed by atoms with Crippen molar-refractivity contribution in [2.75, 3.05) is 6.54 Å². The molecule has 3 aromatic rings. The van der Waals surface area contributed by atoms with Gasteiger partial charge in [0.05, 0.1) is 0 Å². The van der Waals surface area contributed by atoms with Gasteiger partial charge in [-0.25, -0.2) is 0 Å². The number of carbonyl (C=O) groups is 1. The monoisotopic (exact) mass is 385 g/mol. The van der Waals surface area contributed by atoms with E-state index >= 15 is 0 Å². The third-order valence-corrected chi connectivity index (χ3v) is 4.11. The molecule has 0 aliphatic carbocycles. The summed E-state index contributed by atoms with van der Waals surface area (Å²) in [5, 5.41) is 6.85. The number of nitrogens with zero attached hydrogens (tertiary/aromatic N) is 2. The van der Waals surface area contributed by atoms with Gasteiger partial charge < -0.3 is 9.84 Å². The summed E-state index contributed by atoms with van der Waals surface area (Å²) >= 11 is 3.35. The van der Waals surface area contributed by atoms with Gasteiger partial charge in [-0.3, -0.25) is 4.79 Å². The van der Waals surface area contributed by atoms with E-state index in [2.05, 4.69) is 31.4 Å². The Morgan fingerprint density at radius 1 is 1.17 bits per heavy atom. The third kappa shape index (κ3) is 3.89. The summed E-state index contributed by atoms with van der Waals surface area (Å²) in [5.74, 6) is 0.952. The average molecular weight is 386 g/mol. The minimum atomic E-state index is -0.124. The van der Waals surface area contributed by atoms with Crippen molar-refractivity contribution in [1.29, 1.82) is 0 Å². The maximum absolute atomic E-state index is 12.0. The first-order valence-corrected chi connectivity index (χ1v) is 8.35. The maximum Gasteiger partial charge on any atom is 0.251 e. The third-order valence-electron chi connectivity index (χ3n) is 3.58. The van der Waals surface area contributed by atoms with E-state index in [1.165, 1.54) is 0 Å². The predicted octanol–water partition coefficient (Wildman–Crippen LogP) is 3.78. The summed E-state index contributed by atoms with van der Waals surface area (Å²) in [5.41, 5.74) is 2.66. The van der Waals surface area contributed by atoms with Crippen molar-refractivity contribution in [1.82, 2.24) is 15.5 Å². The van der Waals surface area contributed by atoms with E-state index in [0.29, 0.717) is 30.2 Å². The van der Waals surface area contributed by atoms with E-state index in [9.17, 15) is 4.79 Å². The highest BCUT2D eigenvalue weighted by atomic mass is 79.9. The standard InChI is InChI=1S/C18H16BrN3O2/c1-12-4-2-3-5-15(12)17-21-16(24-22-17)10-11-20-18(23)13-6-8-14(19)9-7-13/h2-9H,10-11H2,1H3,(H,20,23). The van der Waals surface area contributed by atoms with Gasteiger partial charge in [-0.05, 0) is 36.8 Å². The molecule has 24 heavy (non-hydrogen) atoms. The number of hydrogen-bond donors (Lipinski definition) is 1. The summed E-state index contributed by atoms with van der Waals surface area (Å²) in [6, 6.07) is 15.1. The zero-order chi connectivity index (χ0) is 16.9. The van der Waals surface area contributed by atoms with Crippen LogP contribution in [0.15, 0.2) is 57.5 Å². The highest BCUT2D eigenvalue weighted by Crippen LogP contribution is 2.19. The molecule has 0 fully saturated rings. The molecule has 0 atom stereocenters. The Balaban J connectivity index is 1.57. The summed E-state index contributed by atoms with van der Waals surface area (Å²) in [4.78, 5) is 16.4. The molecule has 2 aromatic carbocycles. The van der Waals surface area contributed by atoms with Crippen molar-refractivity contribution in [2.45, 2.75) is 13.3 Å². The number of benzene rings is 2. The first-order valence-electron chi connectivity index (χ1n) is 7.56. The van der Waals surface area contributed by atoms with E-state index in [1.807, 2.05) is 43.3 Å². The van der Waals surface area contributed by atoms with Crippen molar-refractivity contribution < 1.29 is 9.32 Å². The fourth-order valence-corrected chi connectivity index (χ4v) is 2.54. The van der Waals surface area contributed by atoms with E-state index < -0.39 is 0 Å². The fraction of sp³-hybridized carbons (Fsp3) is 0.167. The van der Waals surface area contributed by atoms with Crippen LogP contribution in [0.5, 0.6) is 0 Å². The molecule has 0 aliphatic heterocycles. The quantitative estimate of drug-likeness (QED) is 0.725. The van der Waals surface area contributed by atoms with Crippen molar-refractivity contribution >= 4 is 21.8 Å². The lowest BCUT2D eigenvalue weighted by Gasteiger charge is -2.03. The minimum Gasteiger partial charge on any atom is -0.352 e. The molecule has 0 saturated heterocycles. The SMILES string of the molecule is Cc1ccccc1-c1noc(CCNC(=O)c2ccc(Br)cc2)n1. The zero-order valence-corrected chi connectivity index (χ0v) is 14.7. The molecule has 0 bridgehead atoms. The predicted molar refractivity (Wildman–Crippen MR) is 94.7 cm³/mol. The molecule has 3 rings (SSSR count). The van der Waals surface area contributed by atoms with Gasteiger partial charge in [0.25, 0.3) is 5.91 Å². The summed E-state index contributed by atoms with van der Waals surface area (Å²) in [6.07, 6.45) is 0.487. The molecule has 0 spiro atoms. The normalized spacial score (nSPS) is 10.6. The van der Waals surface area contributed by atoms with Gasteiger partial charge >= 0.3 is 0 Å². The molecule has 0 saturated carbocycles. The van der Waals surface area contributed by atoms with Crippen LogP contribution in [0, 0.1) is 6.92 Å². The topological polar surface area (TPSA) is 68.0 Å². The van der Waals surface area contributed by atoms with Gasteiger partial charge in [0.2, 0.25) is 11.7 Å². The molecule has 1 N–H and O–H groups in total. The molecule has 122 valence electrons. The first kappa shape index (κ1) is 16.4.